The van der Waals surface area contributed by atoms with E-state index in [4.69, 9.17) is 9.84 Å². The standard InChI is InChI=1S/C14H19NO3/c16-14(17)6-5-12-1-3-13(4-2-12)11-15-7-9-18-10-8-15/h1-4H,5-11H2,(H,16,17). The van der Waals surface area contributed by atoms with E-state index in [2.05, 4.69) is 17.0 Å². The second-order valence-electron chi connectivity index (χ2n) is 4.60. The topological polar surface area (TPSA) is 49.8 Å². The normalized spacial score (nSPS) is 16.7. The van der Waals surface area contributed by atoms with Crippen molar-refractivity contribution in [1.29, 1.82) is 0 Å². The molecule has 1 aliphatic heterocycles. The van der Waals surface area contributed by atoms with Gasteiger partial charge in [-0.1, -0.05) is 24.3 Å². The monoisotopic (exact) mass is 249 g/mol. The van der Waals surface area contributed by atoms with Gasteiger partial charge in [0, 0.05) is 26.1 Å². The van der Waals surface area contributed by atoms with Gasteiger partial charge in [-0.05, 0) is 17.5 Å². The number of carboxylic acid groups (broad SMARTS) is 1. The van der Waals surface area contributed by atoms with Crippen LogP contribution in [0.4, 0.5) is 0 Å². The maximum absolute atomic E-state index is 10.5. The molecule has 0 aromatic heterocycles. The van der Waals surface area contributed by atoms with Crippen molar-refractivity contribution >= 4 is 5.97 Å². The summed E-state index contributed by atoms with van der Waals surface area (Å²) in [6.07, 6.45) is 0.802. The molecule has 1 aliphatic rings. The number of benzene rings is 1. The fourth-order valence-corrected chi connectivity index (χ4v) is 2.08. The molecule has 1 N–H and O–H groups in total. The van der Waals surface area contributed by atoms with Gasteiger partial charge in [0.15, 0.2) is 0 Å². The minimum absolute atomic E-state index is 0.197. The van der Waals surface area contributed by atoms with E-state index in [0.717, 1.165) is 38.4 Å². The highest BCUT2D eigenvalue weighted by atomic mass is 16.5. The van der Waals surface area contributed by atoms with Crippen molar-refractivity contribution in [2.24, 2.45) is 0 Å². The van der Waals surface area contributed by atoms with E-state index in [0.29, 0.717) is 6.42 Å². The zero-order chi connectivity index (χ0) is 12.8. The number of rotatable bonds is 5. The largest absolute Gasteiger partial charge is 0.481 e. The van der Waals surface area contributed by atoms with Gasteiger partial charge in [0.05, 0.1) is 13.2 Å². The van der Waals surface area contributed by atoms with E-state index in [-0.39, 0.29) is 6.42 Å². The Morgan fingerprint density at radius 3 is 2.39 bits per heavy atom. The Kier molecular flexibility index (Phi) is 4.73. The van der Waals surface area contributed by atoms with Crippen LogP contribution in [0.3, 0.4) is 0 Å². The van der Waals surface area contributed by atoms with Gasteiger partial charge in [-0.3, -0.25) is 9.69 Å². The molecule has 0 radical (unpaired) electrons. The van der Waals surface area contributed by atoms with E-state index < -0.39 is 5.97 Å². The Hall–Kier alpha value is -1.39. The maximum Gasteiger partial charge on any atom is 0.303 e. The molecule has 1 saturated heterocycles. The summed E-state index contributed by atoms with van der Waals surface area (Å²) >= 11 is 0. The molecule has 0 saturated carbocycles. The first-order valence-electron chi connectivity index (χ1n) is 6.34. The van der Waals surface area contributed by atoms with Crippen LogP contribution in [-0.2, 0) is 22.5 Å². The first-order valence-corrected chi connectivity index (χ1v) is 6.34. The van der Waals surface area contributed by atoms with Gasteiger partial charge in [-0.15, -0.1) is 0 Å². The molecule has 0 spiro atoms. The van der Waals surface area contributed by atoms with Crippen molar-refractivity contribution in [3.8, 4) is 0 Å². The zero-order valence-corrected chi connectivity index (χ0v) is 10.5. The highest BCUT2D eigenvalue weighted by Gasteiger charge is 2.10. The molecule has 1 aromatic carbocycles. The third-order valence-corrected chi connectivity index (χ3v) is 3.16. The summed E-state index contributed by atoms with van der Waals surface area (Å²) in [7, 11) is 0. The quantitative estimate of drug-likeness (QED) is 0.860. The number of morpholine rings is 1. The van der Waals surface area contributed by atoms with Gasteiger partial charge < -0.3 is 9.84 Å². The first kappa shape index (κ1) is 13.1. The molecule has 98 valence electrons. The number of ether oxygens (including phenoxy) is 1. The molecular weight excluding hydrogens is 230 g/mol. The first-order chi connectivity index (χ1) is 8.74. The summed E-state index contributed by atoms with van der Waals surface area (Å²) in [5.74, 6) is -0.743. The smallest absolute Gasteiger partial charge is 0.303 e. The molecule has 2 rings (SSSR count). The lowest BCUT2D eigenvalue weighted by atomic mass is 10.1. The van der Waals surface area contributed by atoms with Gasteiger partial charge in [0.2, 0.25) is 0 Å². The van der Waals surface area contributed by atoms with Gasteiger partial charge >= 0.3 is 5.97 Å². The third-order valence-electron chi connectivity index (χ3n) is 3.16. The summed E-state index contributed by atoms with van der Waals surface area (Å²) in [6.45, 7) is 4.55. The molecule has 4 nitrogen and oxygen atoms in total. The molecule has 0 amide bonds. The van der Waals surface area contributed by atoms with Gasteiger partial charge in [-0.25, -0.2) is 0 Å². The molecule has 0 aliphatic carbocycles. The SMILES string of the molecule is O=C(O)CCc1ccc(CN2CCOCC2)cc1. The fourth-order valence-electron chi connectivity index (χ4n) is 2.08. The Balaban J connectivity index is 1.84. The van der Waals surface area contributed by atoms with Crippen LogP contribution in [0.25, 0.3) is 0 Å². The summed E-state index contributed by atoms with van der Waals surface area (Å²) < 4.78 is 5.31. The number of aliphatic carboxylic acids is 1. The van der Waals surface area contributed by atoms with Crippen molar-refractivity contribution < 1.29 is 14.6 Å². The van der Waals surface area contributed by atoms with Gasteiger partial charge in [0.1, 0.15) is 0 Å². The van der Waals surface area contributed by atoms with Gasteiger partial charge in [0.25, 0.3) is 0 Å². The third kappa shape index (κ3) is 4.13. The number of aryl methyl sites for hydroxylation is 1. The van der Waals surface area contributed by atoms with Gasteiger partial charge in [-0.2, -0.15) is 0 Å². The summed E-state index contributed by atoms with van der Waals surface area (Å²) in [5, 5.41) is 8.63. The van der Waals surface area contributed by atoms with Crippen LogP contribution < -0.4 is 0 Å². The molecule has 1 aromatic rings. The van der Waals surface area contributed by atoms with Crippen molar-refractivity contribution in [3.63, 3.8) is 0 Å². The Labute approximate surface area is 107 Å². The zero-order valence-electron chi connectivity index (χ0n) is 10.5. The summed E-state index contributed by atoms with van der Waals surface area (Å²) in [4.78, 5) is 12.9. The second kappa shape index (κ2) is 6.52. The molecule has 0 unspecified atom stereocenters. The van der Waals surface area contributed by atoms with Crippen LogP contribution in [0.2, 0.25) is 0 Å². The fraction of sp³-hybridized carbons (Fsp3) is 0.500. The molecule has 18 heavy (non-hydrogen) atoms. The predicted octanol–water partition coefficient (Wildman–Crippen LogP) is 1.54. The number of nitrogens with zero attached hydrogens (tertiary/aromatic N) is 1. The van der Waals surface area contributed by atoms with Crippen LogP contribution in [-0.4, -0.2) is 42.3 Å². The van der Waals surface area contributed by atoms with E-state index in [9.17, 15) is 4.79 Å². The highest BCUT2D eigenvalue weighted by Crippen LogP contribution is 2.10. The average Bonchev–Trinajstić information content (AvgIpc) is 2.39. The van der Waals surface area contributed by atoms with Crippen molar-refractivity contribution in [1.82, 2.24) is 4.90 Å². The van der Waals surface area contributed by atoms with E-state index in [1.807, 2.05) is 12.1 Å². The molecule has 0 bridgehead atoms. The Bertz CT molecular complexity index is 383. The van der Waals surface area contributed by atoms with Crippen LogP contribution in [0.5, 0.6) is 0 Å². The molecular formula is C14H19NO3. The van der Waals surface area contributed by atoms with E-state index in [1.54, 1.807) is 0 Å². The van der Waals surface area contributed by atoms with Crippen LogP contribution >= 0.6 is 0 Å². The maximum atomic E-state index is 10.5. The number of carboxylic acids is 1. The van der Waals surface area contributed by atoms with Crippen LogP contribution in [0.15, 0.2) is 24.3 Å². The minimum atomic E-state index is -0.743. The second-order valence-corrected chi connectivity index (χ2v) is 4.60. The Morgan fingerprint density at radius 2 is 1.78 bits per heavy atom. The number of hydrogen-bond acceptors (Lipinski definition) is 3. The lowest BCUT2D eigenvalue weighted by Gasteiger charge is -2.26. The summed E-state index contributed by atoms with van der Waals surface area (Å²) in [5.41, 5.74) is 2.36. The van der Waals surface area contributed by atoms with Crippen molar-refractivity contribution in [2.45, 2.75) is 19.4 Å². The molecule has 4 heteroatoms. The van der Waals surface area contributed by atoms with Crippen LogP contribution in [0, 0.1) is 0 Å². The highest BCUT2D eigenvalue weighted by molar-refractivity contribution is 5.67. The minimum Gasteiger partial charge on any atom is -0.481 e. The van der Waals surface area contributed by atoms with E-state index in [1.165, 1.54) is 5.56 Å². The summed E-state index contributed by atoms with van der Waals surface area (Å²) in [6, 6.07) is 8.23. The average molecular weight is 249 g/mol. The van der Waals surface area contributed by atoms with E-state index >= 15 is 0 Å². The lowest BCUT2D eigenvalue weighted by Crippen LogP contribution is -2.35. The number of carbonyl (C=O) groups is 1. The molecule has 1 heterocycles. The molecule has 0 atom stereocenters. The molecule has 1 fully saturated rings. The van der Waals surface area contributed by atoms with Crippen molar-refractivity contribution in [3.05, 3.63) is 35.4 Å². The Morgan fingerprint density at radius 1 is 1.17 bits per heavy atom. The lowest BCUT2D eigenvalue weighted by molar-refractivity contribution is -0.136. The van der Waals surface area contributed by atoms with Crippen molar-refractivity contribution in [2.75, 3.05) is 26.3 Å². The number of hydrogen-bond donors (Lipinski definition) is 1. The van der Waals surface area contributed by atoms with Crippen LogP contribution in [0.1, 0.15) is 17.5 Å². The predicted molar refractivity (Wildman–Crippen MR) is 68.5 cm³/mol.